The molecule has 0 spiro atoms. The van der Waals surface area contributed by atoms with Crippen LogP contribution in [0.1, 0.15) is 59.6 Å². The van der Waals surface area contributed by atoms with Crippen molar-refractivity contribution >= 4 is 11.9 Å². The average Bonchev–Trinajstić information content (AvgIpc) is 2.96. The SMILES string of the molecule is Cc1ccc2c(c1OCc1ccccc1)C[C@@H](C(=O)O)N(C(=O)[C@H](OC1CCC(O)CC1)c1ccccc1)C2. The zero-order chi connectivity index (χ0) is 27.4. The topological polar surface area (TPSA) is 96.3 Å². The Morgan fingerprint density at radius 2 is 1.62 bits per heavy atom. The first kappa shape index (κ1) is 26.9. The number of aryl methyl sites for hydroxylation is 1. The fourth-order valence-electron chi connectivity index (χ4n) is 5.57. The summed E-state index contributed by atoms with van der Waals surface area (Å²) in [6.45, 7) is 2.48. The summed E-state index contributed by atoms with van der Waals surface area (Å²) < 4.78 is 12.6. The Bertz CT molecular complexity index is 1290. The summed E-state index contributed by atoms with van der Waals surface area (Å²) >= 11 is 0. The molecule has 5 rings (SSSR count). The van der Waals surface area contributed by atoms with Gasteiger partial charge >= 0.3 is 5.97 Å². The number of aliphatic carboxylic acids is 1. The Morgan fingerprint density at radius 3 is 2.28 bits per heavy atom. The van der Waals surface area contributed by atoms with Crippen LogP contribution in [0.15, 0.2) is 72.8 Å². The number of fused-ring (bicyclic) bond motifs is 1. The van der Waals surface area contributed by atoms with Crippen LogP contribution in [-0.2, 0) is 33.9 Å². The number of amides is 1. The maximum Gasteiger partial charge on any atom is 0.326 e. The minimum absolute atomic E-state index is 0.152. The van der Waals surface area contributed by atoms with Gasteiger partial charge in [-0.2, -0.15) is 0 Å². The van der Waals surface area contributed by atoms with E-state index in [-0.39, 0.29) is 31.1 Å². The fourth-order valence-corrected chi connectivity index (χ4v) is 5.57. The van der Waals surface area contributed by atoms with Crippen molar-refractivity contribution in [1.29, 1.82) is 0 Å². The summed E-state index contributed by atoms with van der Waals surface area (Å²) in [4.78, 5) is 28.1. The van der Waals surface area contributed by atoms with Crippen LogP contribution in [0.5, 0.6) is 5.75 Å². The van der Waals surface area contributed by atoms with Gasteiger partial charge in [0, 0.05) is 18.5 Å². The van der Waals surface area contributed by atoms with Crippen LogP contribution in [0.25, 0.3) is 0 Å². The summed E-state index contributed by atoms with van der Waals surface area (Å²) in [6.07, 6.45) is 1.28. The minimum Gasteiger partial charge on any atom is -0.488 e. The second-order valence-corrected chi connectivity index (χ2v) is 10.5. The van der Waals surface area contributed by atoms with E-state index in [0.29, 0.717) is 43.6 Å². The highest BCUT2D eigenvalue weighted by Gasteiger charge is 2.40. The molecule has 1 fully saturated rings. The van der Waals surface area contributed by atoms with E-state index in [1.165, 1.54) is 4.90 Å². The lowest BCUT2D eigenvalue weighted by atomic mass is 9.90. The number of hydrogen-bond donors (Lipinski definition) is 2. The van der Waals surface area contributed by atoms with Gasteiger partial charge < -0.3 is 24.6 Å². The first-order valence-electron chi connectivity index (χ1n) is 13.6. The molecule has 0 aromatic heterocycles. The number of carbonyl (C=O) groups excluding carboxylic acids is 1. The van der Waals surface area contributed by atoms with E-state index in [9.17, 15) is 19.8 Å². The highest BCUT2D eigenvalue weighted by molar-refractivity contribution is 5.88. The predicted molar refractivity (Wildman–Crippen MR) is 146 cm³/mol. The first-order valence-corrected chi connectivity index (χ1v) is 13.6. The highest BCUT2D eigenvalue weighted by atomic mass is 16.5. The summed E-state index contributed by atoms with van der Waals surface area (Å²) in [5, 5.41) is 20.2. The lowest BCUT2D eigenvalue weighted by Crippen LogP contribution is -2.51. The third-order valence-corrected chi connectivity index (χ3v) is 7.76. The Morgan fingerprint density at radius 1 is 0.949 bits per heavy atom. The molecule has 1 aliphatic carbocycles. The number of carbonyl (C=O) groups is 2. The maximum absolute atomic E-state index is 14.1. The molecule has 0 bridgehead atoms. The largest absolute Gasteiger partial charge is 0.488 e. The molecular formula is C32H35NO6. The highest BCUT2D eigenvalue weighted by Crippen LogP contribution is 2.37. The molecule has 3 aromatic carbocycles. The van der Waals surface area contributed by atoms with E-state index in [2.05, 4.69) is 0 Å². The molecule has 1 amide bonds. The molecule has 2 atom stereocenters. The Kier molecular flexibility index (Phi) is 8.29. The van der Waals surface area contributed by atoms with Crippen molar-refractivity contribution in [2.24, 2.45) is 0 Å². The Labute approximate surface area is 229 Å². The molecule has 2 N–H and O–H groups in total. The molecule has 0 saturated heterocycles. The van der Waals surface area contributed by atoms with E-state index in [1.54, 1.807) is 0 Å². The van der Waals surface area contributed by atoms with Gasteiger partial charge in [0.1, 0.15) is 18.4 Å². The van der Waals surface area contributed by atoms with Crippen LogP contribution in [0.2, 0.25) is 0 Å². The Hall–Kier alpha value is -3.68. The number of hydrogen-bond acceptors (Lipinski definition) is 5. The van der Waals surface area contributed by atoms with Gasteiger partial charge in [-0.05, 0) is 54.9 Å². The molecular weight excluding hydrogens is 494 g/mol. The van der Waals surface area contributed by atoms with Gasteiger partial charge in [-0.25, -0.2) is 4.79 Å². The third kappa shape index (κ3) is 6.15. The molecule has 1 saturated carbocycles. The minimum atomic E-state index is -1.06. The average molecular weight is 530 g/mol. The van der Waals surface area contributed by atoms with Crippen LogP contribution >= 0.6 is 0 Å². The van der Waals surface area contributed by atoms with Crippen molar-refractivity contribution in [2.45, 2.75) is 76.5 Å². The van der Waals surface area contributed by atoms with Gasteiger partial charge in [-0.3, -0.25) is 4.79 Å². The number of rotatable bonds is 8. The van der Waals surface area contributed by atoms with Gasteiger partial charge in [0.05, 0.1) is 12.2 Å². The summed E-state index contributed by atoms with van der Waals surface area (Å²) in [5.74, 6) is -0.735. The van der Waals surface area contributed by atoms with Crippen LogP contribution in [0, 0.1) is 6.92 Å². The normalized spacial score (nSPS) is 21.6. The van der Waals surface area contributed by atoms with Crippen molar-refractivity contribution in [3.63, 3.8) is 0 Å². The quantitative estimate of drug-likeness (QED) is 0.428. The van der Waals surface area contributed by atoms with Crippen molar-refractivity contribution in [2.75, 3.05) is 0 Å². The maximum atomic E-state index is 14.1. The van der Waals surface area contributed by atoms with Crippen LogP contribution < -0.4 is 4.74 Å². The fraction of sp³-hybridized carbons (Fsp3) is 0.375. The van der Waals surface area contributed by atoms with Gasteiger partial charge in [0.15, 0.2) is 6.10 Å². The summed E-state index contributed by atoms with van der Waals surface area (Å²) in [6, 6.07) is 22.0. The lowest BCUT2D eigenvalue weighted by molar-refractivity contribution is -0.161. The first-order chi connectivity index (χ1) is 18.9. The molecule has 3 aromatic rings. The zero-order valence-corrected chi connectivity index (χ0v) is 22.2. The number of benzene rings is 3. The van der Waals surface area contributed by atoms with E-state index in [0.717, 1.165) is 22.3 Å². The molecule has 204 valence electrons. The smallest absolute Gasteiger partial charge is 0.326 e. The van der Waals surface area contributed by atoms with E-state index in [1.807, 2.05) is 79.7 Å². The van der Waals surface area contributed by atoms with E-state index >= 15 is 0 Å². The molecule has 7 nitrogen and oxygen atoms in total. The van der Waals surface area contributed by atoms with E-state index in [4.69, 9.17) is 9.47 Å². The van der Waals surface area contributed by atoms with Gasteiger partial charge in [0.25, 0.3) is 5.91 Å². The number of ether oxygens (including phenoxy) is 2. The molecule has 1 aliphatic heterocycles. The molecule has 0 radical (unpaired) electrons. The molecule has 39 heavy (non-hydrogen) atoms. The lowest BCUT2D eigenvalue weighted by Gasteiger charge is -2.38. The molecule has 2 aliphatic rings. The van der Waals surface area contributed by atoms with Gasteiger partial charge in [-0.15, -0.1) is 0 Å². The number of aliphatic hydroxyl groups excluding tert-OH is 1. The van der Waals surface area contributed by atoms with Gasteiger partial charge in [0.2, 0.25) is 0 Å². The van der Waals surface area contributed by atoms with Crippen molar-refractivity contribution in [3.05, 3.63) is 101 Å². The zero-order valence-electron chi connectivity index (χ0n) is 22.2. The summed E-state index contributed by atoms with van der Waals surface area (Å²) in [5.41, 5.74) is 4.36. The van der Waals surface area contributed by atoms with Crippen LogP contribution in [-0.4, -0.2) is 45.2 Å². The van der Waals surface area contributed by atoms with Crippen LogP contribution in [0.3, 0.4) is 0 Å². The molecule has 7 heteroatoms. The standard InChI is InChI=1S/C32H35NO6/c1-21-12-13-24-19-33(28(32(36)37)18-27(24)29(21)38-20-22-8-4-2-5-9-22)31(35)30(23-10-6-3-7-11-23)39-26-16-14-25(34)15-17-26/h2-13,25-26,28,30,34H,14-20H2,1H3,(H,36,37)/t25?,26?,28-,30+/m0/s1. The summed E-state index contributed by atoms with van der Waals surface area (Å²) in [7, 11) is 0. The van der Waals surface area contributed by atoms with Crippen molar-refractivity contribution in [3.8, 4) is 5.75 Å². The third-order valence-electron chi connectivity index (χ3n) is 7.76. The second-order valence-electron chi connectivity index (χ2n) is 10.5. The van der Waals surface area contributed by atoms with E-state index < -0.39 is 18.1 Å². The van der Waals surface area contributed by atoms with Crippen LogP contribution in [0.4, 0.5) is 0 Å². The number of aliphatic hydroxyl groups is 1. The second kappa shape index (κ2) is 12.0. The number of carboxylic acid groups (broad SMARTS) is 1. The molecule has 1 heterocycles. The predicted octanol–water partition coefficient (Wildman–Crippen LogP) is 4.97. The number of nitrogens with zero attached hydrogens (tertiary/aromatic N) is 1. The Balaban J connectivity index is 1.43. The van der Waals surface area contributed by atoms with Crippen molar-refractivity contribution in [1.82, 2.24) is 4.90 Å². The van der Waals surface area contributed by atoms with Crippen molar-refractivity contribution < 1.29 is 29.3 Å². The number of carboxylic acids is 1. The van der Waals surface area contributed by atoms with Gasteiger partial charge in [-0.1, -0.05) is 72.8 Å². The monoisotopic (exact) mass is 529 g/mol. The molecule has 0 unspecified atom stereocenters.